The fourth-order valence-electron chi connectivity index (χ4n) is 3.93. The van der Waals surface area contributed by atoms with Crippen molar-refractivity contribution in [3.05, 3.63) is 35.6 Å². The maximum absolute atomic E-state index is 13.1. The molecule has 7 nitrogen and oxygen atoms in total. The van der Waals surface area contributed by atoms with Gasteiger partial charge >= 0.3 is 12.0 Å². The summed E-state index contributed by atoms with van der Waals surface area (Å²) in [4.78, 5) is 25.1. The number of carboxylic acids is 1. The van der Waals surface area contributed by atoms with E-state index in [0.717, 1.165) is 24.8 Å². The molecule has 0 bridgehead atoms. The van der Waals surface area contributed by atoms with Crippen molar-refractivity contribution < 1.29 is 23.8 Å². The number of urea groups is 1. The van der Waals surface area contributed by atoms with Crippen molar-refractivity contribution in [1.82, 2.24) is 15.5 Å². The number of carboxylic acid groups (broad SMARTS) is 1. The summed E-state index contributed by atoms with van der Waals surface area (Å²) >= 11 is 0. The molecule has 154 valence electrons. The molecule has 1 heterocycles. The highest BCUT2D eigenvalue weighted by Gasteiger charge is 2.35. The zero-order valence-electron chi connectivity index (χ0n) is 16.1. The molecular formula is C20H28FN3O4. The second-order valence-corrected chi connectivity index (χ2v) is 7.53. The van der Waals surface area contributed by atoms with Crippen LogP contribution < -0.4 is 10.6 Å². The minimum absolute atomic E-state index is 0.00109. The number of amides is 2. The third kappa shape index (κ3) is 5.42. The Labute approximate surface area is 164 Å². The van der Waals surface area contributed by atoms with Gasteiger partial charge in [0.2, 0.25) is 0 Å². The van der Waals surface area contributed by atoms with Crippen LogP contribution in [0.1, 0.15) is 44.3 Å². The number of nitrogens with one attached hydrogen (secondary N) is 2. The van der Waals surface area contributed by atoms with Gasteiger partial charge in [-0.05, 0) is 49.9 Å². The highest BCUT2D eigenvalue weighted by molar-refractivity contribution is 5.74. The first-order valence-corrected chi connectivity index (χ1v) is 9.84. The summed E-state index contributed by atoms with van der Waals surface area (Å²) in [5, 5.41) is 14.9. The zero-order chi connectivity index (χ0) is 20.1. The molecule has 0 spiro atoms. The van der Waals surface area contributed by atoms with Crippen LogP contribution in [0.25, 0.3) is 0 Å². The number of likely N-dealkylation sites (N-methyl/N-ethyl adjacent to an activating group) is 1. The number of hydrogen-bond acceptors (Lipinski definition) is 4. The molecule has 1 aliphatic carbocycles. The molecule has 1 saturated heterocycles. The normalized spacial score (nSPS) is 27.1. The van der Waals surface area contributed by atoms with Crippen LogP contribution in [0.3, 0.4) is 0 Å². The molecule has 3 N–H and O–H groups in total. The summed E-state index contributed by atoms with van der Waals surface area (Å²) in [5.74, 6) is -1.11. The number of nitrogens with zero attached hydrogens (tertiary/aromatic N) is 1. The molecule has 8 heteroatoms. The highest BCUT2D eigenvalue weighted by Crippen LogP contribution is 2.29. The molecular weight excluding hydrogens is 365 g/mol. The molecule has 2 amide bonds. The van der Waals surface area contributed by atoms with E-state index < -0.39 is 5.97 Å². The van der Waals surface area contributed by atoms with Crippen molar-refractivity contribution in [2.24, 2.45) is 0 Å². The van der Waals surface area contributed by atoms with Gasteiger partial charge in [0.1, 0.15) is 5.82 Å². The van der Waals surface area contributed by atoms with Crippen molar-refractivity contribution in [2.45, 2.75) is 56.8 Å². The van der Waals surface area contributed by atoms with Crippen LogP contribution in [0.5, 0.6) is 0 Å². The lowest BCUT2D eigenvalue weighted by atomic mass is 9.85. The number of hydrogen-bond donors (Lipinski definition) is 3. The Bertz CT molecular complexity index is 679. The molecule has 2 aliphatic rings. The molecule has 3 rings (SSSR count). The van der Waals surface area contributed by atoms with Gasteiger partial charge in [-0.1, -0.05) is 19.1 Å². The van der Waals surface area contributed by atoms with Gasteiger partial charge in [0.25, 0.3) is 0 Å². The lowest BCUT2D eigenvalue weighted by Crippen LogP contribution is -2.57. The minimum Gasteiger partial charge on any atom is -0.480 e. The first-order valence-electron chi connectivity index (χ1n) is 9.84. The quantitative estimate of drug-likeness (QED) is 0.661. The van der Waals surface area contributed by atoms with Crippen LogP contribution in [0.15, 0.2) is 24.3 Å². The van der Waals surface area contributed by atoms with Gasteiger partial charge in [0.05, 0.1) is 12.6 Å². The van der Waals surface area contributed by atoms with Crippen LogP contribution in [-0.2, 0) is 9.53 Å². The summed E-state index contributed by atoms with van der Waals surface area (Å²) in [5.41, 5.74) is 0.910. The van der Waals surface area contributed by atoms with E-state index in [2.05, 4.69) is 10.6 Å². The molecule has 0 aromatic heterocycles. The van der Waals surface area contributed by atoms with E-state index in [4.69, 9.17) is 9.84 Å². The molecule has 1 saturated carbocycles. The van der Waals surface area contributed by atoms with Gasteiger partial charge in [0.15, 0.2) is 0 Å². The Hall–Kier alpha value is -2.19. The van der Waals surface area contributed by atoms with Gasteiger partial charge in [-0.3, -0.25) is 9.69 Å². The Morgan fingerprint density at radius 1 is 1.18 bits per heavy atom. The van der Waals surface area contributed by atoms with E-state index in [-0.39, 0.29) is 42.6 Å². The third-order valence-electron chi connectivity index (χ3n) is 5.57. The largest absolute Gasteiger partial charge is 0.480 e. The number of rotatable bonds is 7. The van der Waals surface area contributed by atoms with Crippen LogP contribution >= 0.6 is 0 Å². The Kier molecular flexibility index (Phi) is 6.85. The highest BCUT2D eigenvalue weighted by atomic mass is 19.1. The maximum Gasteiger partial charge on any atom is 0.317 e. The Morgan fingerprint density at radius 2 is 1.86 bits per heavy atom. The fourth-order valence-corrected chi connectivity index (χ4v) is 3.93. The van der Waals surface area contributed by atoms with Gasteiger partial charge in [0, 0.05) is 24.7 Å². The van der Waals surface area contributed by atoms with Crippen LogP contribution in [0.2, 0.25) is 0 Å². The van der Waals surface area contributed by atoms with Crippen molar-refractivity contribution in [3.63, 3.8) is 0 Å². The van der Waals surface area contributed by atoms with Crippen LogP contribution in [0, 0.1) is 5.82 Å². The lowest BCUT2D eigenvalue weighted by molar-refractivity contribution is -0.139. The maximum atomic E-state index is 13.1. The number of carbonyl (C=O) groups excluding carboxylic acids is 1. The molecule has 2 fully saturated rings. The van der Waals surface area contributed by atoms with E-state index in [9.17, 15) is 14.0 Å². The molecule has 2 atom stereocenters. The standard InChI is InChI=1S/C20H28FN3O4/c1-2-24(12-19(25)26)17-9-16(10-17)23-20(27)22-15-7-8-28-18(11-15)13-3-5-14(21)6-4-13/h3-6,15-18H,2,7-12H2,1H3,(H,25,26)(H2,22,23,27). The van der Waals surface area contributed by atoms with Crippen LogP contribution in [-0.4, -0.2) is 59.8 Å². The predicted octanol–water partition coefficient (Wildman–Crippen LogP) is 2.28. The second-order valence-electron chi connectivity index (χ2n) is 7.53. The smallest absolute Gasteiger partial charge is 0.317 e. The third-order valence-corrected chi connectivity index (χ3v) is 5.57. The SMILES string of the molecule is CCN(CC(=O)O)C1CC(NC(=O)NC2CCOC(c3ccc(F)cc3)C2)C1. The summed E-state index contributed by atoms with van der Waals surface area (Å²) < 4.78 is 18.9. The predicted molar refractivity (Wildman–Crippen MR) is 101 cm³/mol. The Balaban J connectivity index is 1.41. The fraction of sp³-hybridized carbons (Fsp3) is 0.600. The number of ether oxygens (including phenoxy) is 1. The second kappa shape index (κ2) is 9.34. The zero-order valence-corrected chi connectivity index (χ0v) is 16.1. The average Bonchev–Trinajstić information content (AvgIpc) is 2.63. The first-order chi connectivity index (χ1) is 13.4. The first kappa shape index (κ1) is 20.5. The van der Waals surface area contributed by atoms with Gasteiger partial charge < -0.3 is 20.5 Å². The van der Waals surface area contributed by atoms with Gasteiger partial charge in [-0.15, -0.1) is 0 Å². The summed E-state index contributed by atoms with van der Waals surface area (Å²) in [6.07, 6.45) is 2.76. The minimum atomic E-state index is -0.828. The van der Waals surface area contributed by atoms with E-state index in [1.807, 2.05) is 11.8 Å². The number of aliphatic carboxylic acids is 1. The number of benzene rings is 1. The van der Waals surface area contributed by atoms with Crippen molar-refractivity contribution in [2.75, 3.05) is 19.7 Å². The molecule has 0 radical (unpaired) electrons. The Morgan fingerprint density at radius 3 is 2.50 bits per heavy atom. The van der Waals surface area contributed by atoms with Crippen molar-refractivity contribution in [3.8, 4) is 0 Å². The van der Waals surface area contributed by atoms with E-state index >= 15 is 0 Å². The van der Waals surface area contributed by atoms with E-state index in [0.29, 0.717) is 19.6 Å². The number of carbonyl (C=O) groups is 2. The monoisotopic (exact) mass is 393 g/mol. The van der Waals surface area contributed by atoms with Gasteiger partial charge in [-0.2, -0.15) is 0 Å². The van der Waals surface area contributed by atoms with Gasteiger partial charge in [-0.25, -0.2) is 9.18 Å². The van der Waals surface area contributed by atoms with Crippen molar-refractivity contribution in [1.29, 1.82) is 0 Å². The lowest BCUT2D eigenvalue weighted by Gasteiger charge is -2.42. The summed E-state index contributed by atoms with van der Waals surface area (Å²) in [6, 6.07) is 6.34. The molecule has 1 aromatic rings. The van der Waals surface area contributed by atoms with Crippen LogP contribution in [0.4, 0.5) is 9.18 Å². The molecule has 2 unspecified atom stereocenters. The molecule has 28 heavy (non-hydrogen) atoms. The number of halogens is 1. The van der Waals surface area contributed by atoms with E-state index in [1.54, 1.807) is 12.1 Å². The molecule has 1 aliphatic heterocycles. The summed E-state index contributed by atoms with van der Waals surface area (Å²) in [7, 11) is 0. The topological polar surface area (TPSA) is 90.9 Å². The van der Waals surface area contributed by atoms with Crippen molar-refractivity contribution >= 4 is 12.0 Å². The van der Waals surface area contributed by atoms with E-state index in [1.165, 1.54) is 12.1 Å². The summed E-state index contributed by atoms with van der Waals surface area (Å²) in [6.45, 7) is 3.20. The molecule has 1 aromatic carbocycles. The average molecular weight is 393 g/mol.